The summed E-state index contributed by atoms with van der Waals surface area (Å²) in [6, 6.07) is 15.2. The Bertz CT molecular complexity index is 668. The van der Waals surface area contributed by atoms with Crippen LogP contribution in [-0.2, 0) is 0 Å². The number of halogens is 1. The van der Waals surface area contributed by atoms with E-state index in [0.29, 0.717) is 22.3 Å². The molecule has 1 aliphatic rings. The maximum absolute atomic E-state index is 12.6. The largest absolute Gasteiger partial charge is 0.496 e. The van der Waals surface area contributed by atoms with Crippen LogP contribution in [0.25, 0.3) is 0 Å². The maximum atomic E-state index is 12.6. The monoisotopic (exact) mass is 315 g/mol. The zero-order chi connectivity index (χ0) is 15.5. The van der Waals surface area contributed by atoms with E-state index in [1.165, 1.54) is 0 Å². The highest BCUT2D eigenvalue weighted by Crippen LogP contribution is 2.41. The predicted molar refractivity (Wildman–Crippen MR) is 87.4 cm³/mol. The van der Waals surface area contributed by atoms with E-state index in [9.17, 15) is 4.79 Å². The van der Waals surface area contributed by atoms with Crippen molar-refractivity contribution < 1.29 is 9.53 Å². The van der Waals surface area contributed by atoms with E-state index in [4.69, 9.17) is 16.3 Å². The molecule has 114 valence electrons. The van der Waals surface area contributed by atoms with Crippen LogP contribution < -0.4 is 10.1 Å². The molecule has 1 N–H and O–H groups in total. The second-order valence-electron chi connectivity index (χ2n) is 5.54. The van der Waals surface area contributed by atoms with E-state index in [0.717, 1.165) is 18.4 Å². The fourth-order valence-electron chi connectivity index (χ4n) is 2.64. The van der Waals surface area contributed by atoms with Crippen molar-refractivity contribution in [2.75, 3.05) is 7.11 Å². The van der Waals surface area contributed by atoms with Crippen LogP contribution in [0.3, 0.4) is 0 Å². The van der Waals surface area contributed by atoms with Crippen LogP contribution in [0.2, 0.25) is 5.02 Å². The number of carbonyl (C=O) groups is 1. The number of ether oxygens (including phenoxy) is 1. The van der Waals surface area contributed by atoms with Gasteiger partial charge in [-0.25, -0.2) is 0 Å². The lowest BCUT2D eigenvalue weighted by molar-refractivity contribution is 0.0928. The standard InChI is InChI=1S/C18H18ClNO2/c1-22-16-10-9-14(19)11-15(16)18(21)20-17(13-7-8-13)12-5-3-2-4-6-12/h2-6,9-11,13,17H,7-8H2,1H3,(H,20,21)/t17-/m0/s1. The fourth-order valence-corrected chi connectivity index (χ4v) is 2.81. The van der Waals surface area contributed by atoms with Crippen molar-refractivity contribution in [2.45, 2.75) is 18.9 Å². The van der Waals surface area contributed by atoms with Gasteiger partial charge in [-0.1, -0.05) is 41.9 Å². The number of amides is 1. The van der Waals surface area contributed by atoms with E-state index >= 15 is 0 Å². The van der Waals surface area contributed by atoms with Gasteiger partial charge in [-0.3, -0.25) is 4.79 Å². The van der Waals surface area contributed by atoms with Gasteiger partial charge in [0.2, 0.25) is 0 Å². The maximum Gasteiger partial charge on any atom is 0.255 e. The van der Waals surface area contributed by atoms with E-state index in [-0.39, 0.29) is 11.9 Å². The first kappa shape index (κ1) is 14.9. The minimum absolute atomic E-state index is 0.0392. The molecule has 3 rings (SSSR count). The quantitative estimate of drug-likeness (QED) is 0.896. The molecule has 0 heterocycles. The second kappa shape index (κ2) is 6.41. The van der Waals surface area contributed by atoms with Crippen molar-refractivity contribution in [1.82, 2.24) is 5.32 Å². The second-order valence-corrected chi connectivity index (χ2v) is 5.98. The summed E-state index contributed by atoms with van der Waals surface area (Å²) in [4.78, 5) is 12.6. The summed E-state index contributed by atoms with van der Waals surface area (Å²) in [5, 5.41) is 3.66. The molecular formula is C18H18ClNO2. The molecule has 0 aromatic heterocycles. The van der Waals surface area contributed by atoms with Crippen LogP contribution >= 0.6 is 11.6 Å². The number of hydrogen-bond acceptors (Lipinski definition) is 2. The first-order chi connectivity index (χ1) is 10.7. The molecule has 2 aromatic rings. The third kappa shape index (κ3) is 3.25. The molecule has 4 heteroatoms. The van der Waals surface area contributed by atoms with Gasteiger partial charge in [-0.15, -0.1) is 0 Å². The Kier molecular flexibility index (Phi) is 4.34. The van der Waals surface area contributed by atoms with Gasteiger partial charge in [0.25, 0.3) is 5.91 Å². The van der Waals surface area contributed by atoms with Crippen LogP contribution in [0, 0.1) is 5.92 Å². The number of methoxy groups -OCH3 is 1. The Labute approximate surface area is 135 Å². The van der Waals surface area contributed by atoms with Crippen molar-refractivity contribution in [2.24, 2.45) is 5.92 Å². The summed E-state index contributed by atoms with van der Waals surface area (Å²) in [7, 11) is 1.55. The van der Waals surface area contributed by atoms with E-state index in [2.05, 4.69) is 17.4 Å². The van der Waals surface area contributed by atoms with Gasteiger partial charge >= 0.3 is 0 Å². The molecule has 0 radical (unpaired) electrons. The summed E-state index contributed by atoms with van der Waals surface area (Å²) in [6.07, 6.45) is 2.29. The highest BCUT2D eigenvalue weighted by molar-refractivity contribution is 6.31. The molecule has 1 aliphatic carbocycles. The fraction of sp³-hybridized carbons (Fsp3) is 0.278. The van der Waals surface area contributed by atoms with Gasteiger partial charge < -0.3 is 10.1 Å². The third-order valence-corrected chi connectivity index (χ3v) is 4.18. The first-order valence-electron chi connectivity index (χ1n) is 7.38. The Morgan fingerprint density at radius 2 is 1.95 bits per heavy atom. The number of carbonyl (C=O) groups excluding carboxylic acids is 1. The minimum Gasteiger partial charge on any atom is -0.496 e. The van der Waals surface area contributed by atoms with E-state index in [1.54, 1.807) is 25.3 Å². The van der Waals surface area contributed by atoms with Gasteiger partial charge in [0.1, 0.15) is 5.75 Å². The smallest absolute Gasteiger partial charge is 0.255 e. The molecule has 1 saturated carbocycles. The Morgan fingerprint density at radius 1 is 1.23 bits per heavy atom. The molecule has 0 unspecified atom stereocenters. The highest BCUT2D eigenvalue weighted by Gasteiger charge is 2.33. The predicted octanol–water partition coefficient (Wildman–Crippen LogP) is 4.23. The van der Waals surface area contributed by atoms with Gasteiger partial charge in [0, 0.05) is 5.02 Å². The Hall–Kier alpha value is -2.00. The highest BCUT2D eigenvalue weighted by atomic mass is 35.5. The molecule has 0 aliphatic heterocycles. The molecule has 1 fully saturated rings. The van der Waals surface area contributed by atoms with E-state index in [1.807, 2.05) is 18.2 Å². The van der Waals surface area contributed by atoms with Crippen LogP contribution in [0.15, 0.2) is 48.5 Å². The molecule has 0 bridgehead atoms. The Balaban J connectivity index is 1.84. The van der Waals surface area contributed by atoms with Crippen molar-refractivity contribution in [1.29, 1.82) is 0 Å². The summed E-state index contributed by atoms with van der Waals surface area (Å²) in [5.41, 5.74) is 1.61. The third-order valence-electron chi connectivity index (χ3n) is 3.94. The molecule has 1 atom stereocenters. The summed E-state index contributed by atoms with van der Waals surface area (Å²) < 4.78 is 5.27. The van der Waals surface area contributed by atoms with Crippen LogP contribution in [0.1, 0.15) is 34.8 Å². The average Bonchev–Trinajstić information content (AvgIpc) is 3.38. The molecule has 0 spiro atoms. The van der Waals surface area contributed by atoms with Crippen molar-refractivity contribution in [3.63, 3.8) is 0 Å². The number of hydrogen-bond donors (Lipinski definition) is 1. The lowest BCUT2D eigenvalue weighted by Gasteiger charge is -2.19. The van der Waals surface area contributed by atoms with Gasteiger partial charge in [0.15, 0.2) is 0 Å². The van der Waals surface area contributed by atoms with E-state index < -0.39 is 0 Å². The molecular weight excluding hydrogens is 298 g/mol. The normalized spacial score (nSPS) is 15.2. The van der Waals surface area contributed by atoms with Crippen LogP contribution in [-0.4, -0.2) is 13.0 Å². The van der Waals surface area contributed by atoms with Crippen LogP contribution in [0.4, 0.5) is 0 Å². The summed E-state index contributed by atoms with van der Waals surface area (Å²) >= 11 is 6.01. The molecule has 22 heavy (non-hydrogen) atoms. The SMILES string of the molecule is COc1ccc(Cl)cc1C(=O)N[C@@H](c1ccccc1)C1CC1. The van der Waals surface area contributed by atoms with Gasteiger partial charge in [-0.2, -0.15) is 0 Å². The zero-order valence-electron chi connectivity index (χ0n) is 12.4. The summed E-state index contributed by atoms with van der Waals surface area (Å²) in [6.45, 7) is 0. The van der Waals surface area contributed by atoms with Crippen molar-refractivity contribution in [3.8, 4) is 5.75 Å². The molecule has 3 nitrogen and oxygen atoms in total. The zero-order valence-corrected chi connectivity index (χ0v) is 13.1. The Morgan fingerprint density at radius 3 is 2.59 bits per heavy atom. The minimum atomic E-state index is -0.153. The molecule has 0 saturated heterocycles. The summed E-state index contributed by atoms with van der Waals surface area (Å²) in [5.74, 6) is 0.890. The van der Waals surface area contributed by atoms with Gasteiger partial charge in [0.05, 0.1) is 18.7 Å². The van der Waals surface area contributed by atoms with Crippen LogP contribution in [0.5, 0.6) is 5.75 Å². The lowest BCUT2D eigenvalue weighted by atomic mass is 10.0. The number of rotatable bonds is 5. The van der Waals surface area contributed by atoms with Crippen molar-refractivity contribution >= 4 is 17.5 Å². The molecule has 2 aromatic carbocycles. The van der Waals surface area contributed by atoms with Crippen molar-refractivity contribution in [3.05, 3.63) is 64.7 Å². The first-order valence-corrected chi connectivity index (χ1v) is 7.76. The average molecular weight is 316 g/mol. The number of nitrogens with one attached hydrogen (secondary N) is 1. The lowest BCUT2D eigenvalue weighted by Crippen LogP contribution is -2.30. The van der Waals surface area contributed by atoms with Gasteiger partial charge in [-0.05, 0) is 42.5 Å². The number of benzene rings is 2. The topological polar surface area (TPSA) is 38.3 Å². The molecule has 1 amide bonds.